The molecule has 0 aromatic rings. The van der Waals surface area contributed by atoms with Crippen LogP contribution in [0.5, 0.6) is 0 Å². The molecule has 0 aliphatic carbocycles. The lowest BCUT2D eigenvalue weighted by atomic mass is 10.1. The van der Waals surface area contributed by atoms with Gasteiger partial charge in [0.2, 0.25) is 10.0 Å². The third-order valence-corrected chi connectivity index (χ3v) is 1.99. The van der Waals surface area contributed by atoms with E-state index in [1.807, 2.05) is 20.8 Å². The van der Waals surface area contributed by atoms with E-state index < -0.39 is 10.0 Å². The molecule has 0 heterocycles. The van der Waals surface area contributed by atoms with E-state index in [1.54, 1.807) is 0 Å². The molecule has 0 atom stereocenters. The van der Waals surface area contributed by atoms with Crippen molar-refractivity contribution in [2.24, 2.45) is 10.7 Å². The maximum atomic E-state index is 10.7. The SMILES string of the molecule is CC(C)(C)NC(N)=NCCNS(C)(=O)=O.I. The molecular weight excluding hydrogens is 343 g/mol. The van der Waals surface area contributed by atoms with Gasteiger partial charge >= 0.3 is 0 Å². The highest BCUT2D eigenvalue weighted by atomic mass is 127. The summed E-state index contributed by atoms with van der Waals surface area (Å²) >= 11 is 0. The molecule has 6 nitrogen and oxygen atoms in total. The van der Waals surface area contributed by atoms with Crippen molar-refractivity contribution < 1.29 is 8.42 Å². The second kappa shape index (κ2) is 7.28. The first-order valence-corrected chi connectivity index (χ1v) is 6.52. The number of sulfonamides is 1. The van der Waals surface area contributed by atoms with Crippen LogP contribution in [0.2, 0.25) is 0 Å². The first-order valence-electron chi connectivity index (χ1n) is 4.63. The number of hydrogen-bond acceptors (Lipinski definition) is 3. The molecule has 98 valence electrons. The van der Waals surface area contributed by atoms with Crippen molar-refractivity contribution in [1.82, 2.24) is 10.0 Å². The predicted octanol–water partition coefficient (Wildman–Crippen LogP) is -0.144. The molecule has 0 fully saturated rings. The molecule has 0 aliphatic heterocycles. The minimum Gasteiger partial charge on any atom is -0.370 e. The lowest BCUT2D eigenvalue weighted by molar-refractivity contribution is 0.508. The summed E-state index contributed by atoms with van der Waals surface area (Å²) in [5, 5.41) is 2.97. The van der Waals surface area contributed by atoms with Crippen molar-refractivity contribution in [2.75, 3.05) is 19.3 Å². The van der Waals surface area contributed by atoms with Crippen LogP contribution in [0.4, 0.5) is 0 Å². The van der Waals surface area contributed by atoms with Crippen LogP contribution in [0.25, 0.3) is 0 Å². The van der Waals surface area contributed by atoms with Gasteiger partial charge in [-0.15, -0.1) is 24.0 Å². The first-order chi connectivity index (χ1) is 6.60. The second-order valence-corrected chi connectivity index (χ2v) is 6.14. The van der Waals surface area contributed by atoms with Gasteiger partial charge in [0.25, 0.3) is 0 Å². The van der Waals surface area contributed by atoms with Crippen LogP contribution in [-0.2, 0) is 10.0 Å². The molecule has 16 heavy (non-hydrogen) atoms. The average molecular weight is 364 g/mol. The summed E-state index contributed by atoms with van der Waals surface area (Å²) < 4.78 is 23.7. The zero-order chi connectivity index (χ0) is 12.1. The summed E-state index contributed by atoms with van der Waals surface area (Å²) in [6.45, 7) is 6.46. The van der Waals surface area contributed by atoms with Crippen LogP contribution >= 0.6 is 24.0 Å². The lowest BCUT2D eigenvalue weighted by Crippen LogP contribution is -2.45. The number of halogens is 1. The fourth-order valence-corrected chi connectivity index (χ4v) is 1.29. The van der Waals surface area contributed by atoms with Crippen molar-refractivity contribution in [2.45, 2.75) is 26.3 Å². The van der Waals surface area contributed by atoms with Gasteiger partial charge in [-0.1, -0.05) is 0 Å². The van der Waals surface area contributed by atoms with Gasteiger partial charge in [0.05, 0.1) is 12.8 Å². The highest BCUT2D eigenvalue weighted by Gasteiger charge is 2.09. The summed E-state index contributed by atoms with van der Waals surface area (Å²) in [5.74, 6) is 0.317. The van der Waals surface area contributed by atoms with Crippen LogP contribution < -0.4 is 15.8 Å². The monoisotopic (exact) mass is 364 g/mol. The molecule has 0 unspecified atom stereocenters. The Hall–Kier alpha value is -0.0900. The average Bonchev–Trinajstić information content (AvgIpc) is 1.92. The van der Waals surface area contributed by atoms with Crippen LogP contribution in [0.15, 0.2) is 4.99 Å². The molecule has 0 saturated heterocycles. The molecule has 0 aromatic heterocycles. The Kier molecular flexibility index (Phi) is 8.31. The minimum absolute atomic E-state index is 0. The van der Waals surface area contributed by atoms with E-state index in [9.17, 15) is 8.42 Å². The Morgan fingerprint density at radius 2 is 1.88 bits per heavy atom. The van der Waals surface area contributed by atoms with Gasteiger partial charge in [0.1, 0.15) is 0 Å². The summed E-state index contributed by atoms with van der Waals surface area (Å²) in [4.78, 5) is 3.97. The number of guanidine groups is 1. The lowest BCUT2D eigenvalue weighted by Gasteiger charge is -2.20. The number of nitrogens with zero attached hydrogens (tertiary/aromatic N) is 1. The van der Waals surface area contributed by atoms with Gasteiger partial charge in [-0.05, 0) is 20.8 Å². The zero-order valence-corrected chi connectivity index (χ0v) is 13.2. The zero-order valence-electron chi connectivity index (χ0n) is 10.1. The predicted molar refractivity (Wildman–Crippen MR) is 77.6 cm³/mol. The van der Waals surface area contributed by atoms with Gasteiger partial charge in [-0.2, -0.15) is 0 Å². The highest BCUT2D eigenvalue weighted by Crippen LogP contribution is 1.96. The highest BCUT2D eigenvalue weighted by molar-refractivity contribution is 14.0. The molecule has 0 bridgehead atoms. The molecule has 0 rings (SSSR count). The molecule has 4 N–H and O–H groups in total. The first kappa shape index (κ1) is 18.3. The summed E-state index contributed by atoms with van der Waals surface area (Å²) in [6, 6.07) is 0. The van der Waals surface area contributed by atoms with Crippen LogP contribution in [0.3, 0.4) is 0 Å². The van der Waals surface area contributed by atoms with E-state index in [1.165, 1.54) is 0 Å². The van der Waals surface area contributed by atoms with E-state index >= 15 is 0 Å². The fourth-order valence-electron chi connectivity index (χ4n) is 0.831. The Morgan fingerprint density at radius 3 is 2.25 bits per heavy atom. The van der Waals surface area contributed by atoms with Crippen LogP contribution in [-0.4, -0.2) is 39.3 Å². The van der Waals surface area contributed by atoms with Crippen molar-refractivity contribution in [3.8, 4) is 0 Å². The summed E-state index contributed by atoms with van der Waals surface area (Å²) in [5.41, 5.74) is 5.43. The Bertz CT molecular complexity index is 321. The Labute approximate surface area is 115 Å². The van der Waals surface area contributed by atoms with E-state index in [-0.39, 0.29) is 36.1 Å². The minimum atomic E-state index is -3.14. The van der Waals surface area contributed by atoms with E-state index in [4.69, 9.17) is 5.73 Å². The van der Waals surface area contributed by atoms with Crippen molar-refractivity contribution >= 4 is 40.0 Å². The fraction of sp³-hybridized carbons (Fsp3) is 0.875. The standard InChI is InChI=1S/C8H20N4O2S.HI/c1-8(2,3)12-7(9)10-5-6-11-15(4,13)14;/h11H,5-6H2,1-4H3,(H3,9,10,12);1H. The maximum Gasteiger partial charge on any atom is 0.208 e. The van der Waals surface area contributed by atoms with Gasteiger partial charge in [0, 0.05) is 12.1 Å². The number of hydrogen-bond donors (Lipinski definition) is 3. The van der Waals surface area contributed by atoms with E-state index in [2.05, 4.69) is 15.0 Å². The third kappa shape index (κ3) is 13.9. The van der Waals surface area contributed by atoms with Gasteiger partial charge in [0.15, 0.2) is 5.96 Å². The molecule has 0 aromatic carbocycles. The van der Waals surface area contributed by atoms with Gasteiger partial charge < -0.3 is 11.1 Å². The number of nitrogens with one attached hydrogen (secondary N) is 2. The smallest absolute Gasteiger partial charge is 0.208 e. The quantitative estimate of drug-likeness (QED) is 0.280. The van der Waals surface area contributed by atoms with Crippen molar-refractivity contribution in [1.29, 1.82) is 0 Å². The second-order valence-electron chi connectivity index (χ2n) is 4.31. The Balaban J connectivity index is 0. The summed E-state index contributed by atoms with van der Waals surface area (Å²) in [6.07, 6.45) is 1.10. The normalized spacial score (nSPS) is 13.1. The Morgan fingerprint density at radius 1 is 1.38 bits per heavy atom. The van der Waals surface area contributed by atoms with Gasteiger partial charge in [-0.25, -0.2) is 13.1 Å². The van der Waals surface area contributed by atoms with Gasteiger partial charge in [-0.3, -0.25) is 4.99 Å². The molecular formula is C8H21IN4O2S. The molecule has 0 amide bonds. The molecule has 8 heteroatoms. The molecule has 0 radical (unpaired) electrons. The van der Waals surface area contributed by atoms with Crippen molar-refractivity contribution in [3.05, 3.63) is 0 Å². The molecule has 0 spiro atoms. The van der Waals surface area contributed by atoms with Crippen LogP contribution in [0.1, 0.15) is 20.8 Å². The molecule has 0 aliphatic rings. The van der Waals surface area contributed by atoms with E-state index in [0.717, 1.165) is 6.26 Å². The summed E-state index contributed by atoms with van der Waals surface area (Å²) in [7, 11) is -3.14. The van der Waals surface area contributed by atoms with E-state index in [0.29, 0.717) is 12.5 Å². The number of nitrogens with two attached hydrogens (primary N) is 1. The molecule has 0 saturated carbocycles. The van der Waals surface area contributed by atoms with Crippen LogP contribution in [0, 0.1) is 0 Å². The third-order valence-electron chi connectivity index (χ3n) is 1.26. The topological polar surface area (TPSA) is 96.6 Å². The maximum absolute atomic E-state index is 10.7. The number of rotatable bonds is 4. The largest absolute Gasteiger partial charge is 0.370 e. The van der Waals surface area contributed by atoms with Crippen molar-refractivity contribution in [3.63, 3.8) is 0 Å². The number of aliphatic imine (C=N–C) groups is 1.